The smallest absolute Gasteiger partial charge is 0.191 e. The van der Waals surface area contributed by atoms with Crippen molar-refractivity contribution in [3.8, 4) is 0 Å². The Labute approximate surface area is 204 Å². The molecule has 0 bridgehead atoms. The molecule has 7 heteroatoms. The van der Waals surface area contributed by atoms with Gasteiger partial charge in [-0.25, -0.2) is 0 Å². The maximum absolute atomic E-state index is 6.14. The number of guanidine groups is 1. The van der Waals surface area contributed by atoms with Crippen LogP contribution in [0, 0.1) is 18.8 Å². The summed E-state index contributed by atoms with van der Waals surface area (Å²) in [6.07, 6.45) is 4.50. The number of nitrogens with one attached hydrogen (secondary N) is 2. The van der Waals surface area contributed by atoms with Gasteiger partial charge in [0.2, 0.25) is 0 Å². The molecule has 176 valence electrons. The van der Waals surface area contributed by atoms with Crippen molar-refractivity contribution in [2.45, 2.75) is 45.6 Å². The number of hydrogen-bond acceptors (Lipinski definition) is 4. The van der Waals surface area contributed by atoms with Crippen molar-refractivity contribution in [2.75, 3.05) is 52.7 Å². The highest BCUT2D eigenvalue weighted by Gasteiger charge is 2.27. The van der Waals surface area contributed by atoms with E-state index in [0.717, 1.165) is 84.3 Å². The summed E-state index contributed by atoms with van der Waals surface area (Å²) < 4.78 is 17.3. The van der Waals surface area contributed by atoms with Crippen molar-refractivity contribution < 1.29 is 14.2 Å². The van der Waals surface area contributed by atoms with E-state index in [1.54, 1.807) is 0 Å². The van der Waals surface area contributed by atoms with Gasteiger partial charge in [0.25, 0.3) is 0 Å². The van der Waals surface area contributed by atoms with Crippen LogP contribution in [-0.2, 0) is 14.2 Å². The van der Waals surface area contributed by atoms with E-state index in [-0.39, 0.29) is 30.1 Å². The Morgan fingerprint density at radius 1 is 1.16 bits per heavy atom. The molecule has 1 aromatic carbocycles. The SMILES string of the molecule is CCNC(=NCC1CCCOC1c1ccc(C)cc1)NCCCOCC1CCOC1.I. The average Bonchev–Trinajstić information content (AvgIpc) is 3.29. The first-order valence-corrected chi connectivity index (χ1v) is 11.6. The van der Waals surface area contributed by atoms with Gasteiger partial charge in [-0.1, -0.05) is 29.8 Å². The third-order valence-corrected chi connectivity index (χ3v) is 5.81. The monoisotopic (exact) mass is 545 g/mol. The van der Waals surface area contributed by atoms with E-state index < -0.39 is 0 Å². The van der Waals surface area contributed by atoms with Crippen LogP contribution in [0.3, 0.4) is 0 Å². The Hall–Kier alpha value is -0.900. The number of rotatable bonds is 10. The zero-order valence-corrected chi connectivity index (χ0v) is 21.4. The maximum Gasteiger partial charge on any atom is 0.191 e. The van der Waals surface area contributed by atoms with E-state index in [1.807, 2.05) is 0 Å². The molecule has 3 rings (SSSR count). The first-order valence-electron chi connectivity index (χ1n) is 11.6. The molecule has 0 saturated carbocycles. The minimum Gasteiger partial charge on any atom is -0.381 e. The quantitative estimate of drug-likeness (QED) is 0.201. The van der Waals surface area contributed by atoms with Gasteiger partial charge in [0, 0.05) is 51.3 Å². The molecule has 0 aromatic heterocycles. The molecule has 0 spiro atoms. The fraction of sp³-hybridized carbons (Fsp3) is 0.708. The van der Waals surface area contributed by atoms with Gasteiger partial charge in [0.1, 0.15) is 0 Å². The topological polar surface area (TPSA) is 64.1 Å². The van der Waals surface area contributed by atoms with E-state index >= 15 is 0 Å². The molecule has 3 unspecified atom stereocenters. The molecule has 0 aliphatic carbocycles. The fourth-order valence-corrected chi connectivity index (χ4v) is 4.05. The second kappa shape index (κ2) is 15.0. The van der Waals surface area contributed by atoms with Gasteiger partial charge in [-0.3, -0.25) is 4.99 Å². The summed E-state index contributed by atoms with van der Waals surface area (Å²) in [5, 5.41) is 6.80. The van der Waals surface area contributed by atoms with E-state index in [4.69, 9.17) is 19.2 Å². The number of aliphatic imine (C=N–C) groups is 1. The summed E-state index contributed by atoms with van der Waals surface area (Å²) in [4.78, 5) is 4.87. The van der Waals surface area contributed by atoms with Crippen molar-refractivity contribution in [2.24, 2.45) is 16.8 Å². The second-order valence-corrected chi connectivity index (χ2v) is 8.41. The minimum atomic E-state index is 0. The van der Waals surface area contributed by atoms with Crippen LogP contribution in [-0.4, -0.2) is 58.6 Å². The Bertz CT molecular complexity index is 635. The van der Waals surface area contributed by atoms with Gasteiger partial charge in [0.15, 0.2) is 5.96 Å². The van der Waals surface area contributed by atoms with Crippen LogP contribution >= 0.6 is 24.0 Å². The molecule has 2 aliphatic rings. The van der Waals surface area contributed by atoms with E-state index in [2.05, 4.69) is 48.7 Å². The van der Waals surface area contributed by atoms with E-state index in [9.17, 15) is 0 Å². The van der Waals surface area contributed by atoms with Gasteiger partial charge >= 0.3 is 0 Å². The molecule has 1 aromatic rings. The predicted octanol–water partition coefficient (Wildman–Crippen LogP) is 4.08. The summed E-state index contributed by atoms with van der Waals surface area (Å²) in [5.74, 6) is 1.87. The molecular formula is C24H40IN3O3. The maximum atomic E-state index is 6.14. The number of aryl methyl sites for hydroxylation is 1. The highest BCUT2D eigenvalue weighted by molar-refractivity contribution is 14.0. The van der Waals surface area contributed by atoms with Gasteiger partial charge in [-0.15, -0.1) is 24.0 Å². The van der Waals surface area contributed by atoms with Crippen LogP contribution in [0.4, 0.5) is 0 Å². The van der Waals surface area contributed by atoms with Gasteiger partial charge in [-0.2, -0.15) is 0 Å². The Morgan fingerprint density at radius 3 is 2.74 bits per heavy atom. The molecule has 31 heavy (non-hydrogen) atoms. The summed E-state index contributed by atoms with van der Waals surface area (Å²) in [6.45, 7) is 10.9. The molecule has 6 nitrogen and oxygen atoms in total. The van der Waals surface area contributed by atoms with Crippen LogP contribution in [0.25, 0.3) is 0 Å². The van der Waals surface area contributed by atoms with Crippen molar-refractivity contribution >= 4 is 29.9 Å². The molecular weight excluding hydrogens is 505 g/mol. The highest BCUT2D eigenvalue weighted by atomic mass is 127. The predicted molar refractivity (Wildman–Crippen MR) is 136 cm³/mol. The number of halogens is 1. The zero-order chi connectivity index (χ0) is 21.0. The molecule has 2 N–H and O–H groups in total. The third-order valence-electron chi connectivity index (χ3n) is 5.81. The molecule has 0 radical (unpaired) electrons. The molecule has 3 atom stereocenters. The first kappa shape index (κ1) is 26.4. The normalized spacial score (nSPS) is 23.9. The van der Waals surface area contributed by atoms with E-state index in [0.29, 0.717) is 11.8 Å². The highest BCUT2D eigenvalue weighted by Crippen LogP contribution is 2.33. The lowest BCUT2D eigenvalue weighted by Gasteiger charge is -2.31. The minimum absolute atomic E-state index is 0. The number of nitrogens with zero attached hydrogens (tertiary/aromatic N) is 1. The zero-order valence-electron chi connectivity index (χ0n) is 19.1. The van der Waals surface area contributed by atoms with Crippen LogP contribution in [0.2, 0.25) is 0 Å². The summed E-state index contributed by atoms with van der Waals surface area (Å²) >= 11 is 0. The Kier molecular flexibility index (Phi) is 12.8. The lowest BCUT2D eigenvalue weighted by molar-refractivity contribution is -0.0250. The number of benzene rings is 1. The Balaban J connectivity index is 0.00000341. The van der Waals surface area contributed by atoms with Gasteiger partial charge in [0.05, 0.1) is 19.3 Å². The number of hydrogen-bond donors (Lipinski definition) is 2. The average molecular weight is 546 g/mol. The molecule has 2 heterocycles. The molecule has 2 saturated heterocycles. The third kappa shape index (κ3) is 9.24. The van der Waals surface area contributed by atoms with E-state index in [1.165, 1.54) is 11.1 Å². The first-order chi connectivity index (χ1) is 14.8. The standard InChI is InChI=1S/C24H39N3O3.HI/c1-3-25-24(26-12-5-13-28-17-20-11-15-29-18-20)27-16-22-6-4-14-30-23(22)21-9-7-19(2)8-10-21;/h7-10,20,22-23H,3-6,11-18H2,1-2H3,(H2,25,26,27);1H. The molecule has 2 fully saturated rings. The van der Waals surface area contributed by atoms with Crippen molar-refractivity contribution in [1.82, 2.24) is 10.6 Å². The second-order valence-electron chi connectivity index (χ2n) is 8.41. The van der Waals surface area contributed by atoms with Gasteiger partial charge in [-0.05, 0) is 45.1 Å². The lowest BCUT2D eigenvalue weighted by Crippen LogP contribution is -2.39. The molecule has 0 amide bonds. The Morgan fingerprint density at radius 2 is 2.00 bits per heavy atom. The molecule has 2 aliphatic heterocycles. The lowest BCUT2D eigenvalue weighted by atomic mass is 9.89. The van der Waals surface area contributed by atoms with Crippen LogP contribution < -0.4 is 10.6 Å². The fourth-order valence-electron chi connectivity index (χ4n) is 4.05. The van der Waals surface area contributed by atoms with Crippen molar-refractivity contribution in [3.05, 3.63) is 35.4 Å². The summed E-state index contributed by atoms with van der Waals surface area (Å²) in [6, 6.07) is 8.73. The van der Waals surface area contributed by atoms with Crippen LogP contribution in [0.15, 0.2) is 29.3 Å². The van der Waals surface area contributed by atoms with Crippen LogP contribution in [0.1, 0.15) is 49.8 Å². The van der Waals surface area contributed by atoms with Gasteiger partial charge < -0.3 is 24.8 Å². The summed E-state index contributed by atoms with van der Waals surface area (Å²) in [5.41, 5.74) is 2.55. The van der Waals surface area contributed by atoms with Crippen molar-refractivity contribution in [3.63, 3.8) is 0 Å². The largest absolute Gasteiger partial charge is 0.381 e. The number of ether oxygens (including phenoxy) is 3. The summed E-state index contributed by atoms with van der Waals surface area (Å²) in [7, 11) is 0. The van der Waals surface area contributed by atoms with Crippen molar-refractivity contribution in [1.29, 1.82) is 0 Å². The van der Waals surface area contributed by atoms with Crippen LogP contribution in [0.5, 0.6) is 0 Å².